The lowest BCUT2D eigenvalue weighted by atomic mass is 10.1. The molecule has 1 aromatic heterocycles. The van der Waals surface area contributed by atoms with Crippen LogP contribution in [-0.2, 0) is 17.7 Å². The summed E-state index contributed by atoms with van der Waals surface area (Å²) in [7, 11) is 0. The summed E-state index contributed by atoms with van der Waals surface area (Å²) in [5, 5.41) is 15.6. The first-order valence-electron chi connectivity index (χ1n) is 6.27. The van der Waals surface area contributed by atoms with E-state index >= 15 is 0 Å². The van der Waals surface area contributed by atoms with Crippen molar-refractivity contribution in [1.29, 1.82) is 5.26 Å². The van der Waals surface area contributed by atoms with Gasteiger partial charge in [0, 0.05) is 24.2 Å². The van der Waals surface area contributed by atoms with Gasteiger partial charge < -0.3 is 10.1 Å². The Bertz CT molecular complexity index is 480. The molecule has 6 nitrogen and oxygen atoms in total. The summed E-state index contributed by atoms with van der Waals surface area (Å²) < 4.78 is 6.83. The van der Waals surface area contributed by atoms with Gasteiger partial charge in [-0.2, -0.15) is 10.4 Å². The summed E-state index contributed by atoms with van der Waals surface area (Å²) in [5.41, 5.74) is 0.967. The van der Waals surface area contributed by atoms with E-state index in [-0.39, 0.29) is 12.1 Å². The molecule has 0 unspecified atom stereocenters. The fourth-order valence-corrected chi connectivity index (χ4v) is 1.58. The predicted octanol–water partition coefficient (Wildman–Crippen LogP) is 1.84. The number of ether oxygens (including phenoxy) is 1. The minimum absolute atomic E-state index is 0.262. The molecule has 6 heteroatoms. The third-order valence-corrected chi connectivity index (χ3v) is 2.35. The Labute approximate surface area is 113 Å². The Morgan fingerprint density at radius 2 is 2.26 bits per heavy atom. The molecular weight excluding hydrogens is 244 g/mol. The van der Waals surface area contributed by atoms with E-state index in [0.717, 1.165) is 5.69 Å². The maximum Gasteiger partial charge on any atom is 0.407 e. The summed E-state index contributed by atoms with van der Waals surface area (Å²) in [6, 6.07) is 3.72. The maximum absolute atomic E-state index is 11.5. The van der Waals surface area contributed by atoms with Gasteiger partial charge in [0.15, 0.2) is 5.69 Å². The Hall–Kier alpha value is -2.03. The average molecular weight is 264 g/mol. The first kappa shape index (κ1) is 15.0. The van der Waals surface area contributed by atoms with E-state index < -0.39 is 6.09 Å². The average Bonchev–Trinajstić information content (AvgIpc) is 2.69. The highest BCUT2D eigenvalue weighted by atomic mass is 16.5. The Morgan fingerprint density at radius 3 is 2.79 bits per heavy atom. The van der Waals surface area contributed by atoms with Crippen molar-refractivity contribution in [2.75, 3.05) is 6.61 Å². The van der Waals surface area contributed by atoms with E-state index in [1.807, 2.05) is 33.8 Å². The molecule has 0 saturated heterocycles. The topological polar surface area (TPSA) is 79.9 Å². The highest BCUT2D eigenvalue weighted by Crippen LogP contribution is 2.05. The second-order valence-electron chi connectivity index (χ2n) is 5.21. The second-order valence-corrected chi connectivity index (χ2v) is 5.21. The molecule has 104 valence electrons. The Balaban J connectivity index is 2.47. The van der Waals surface area contributed by atoms with Crippen LogP contribution in [0.1, 0.15) is 39.1 Å². The van der Waals surface area contributed by atoms with Crippen molar-refractivity contribution >= 4 is 6.09 Å². The van der Waals surface area contributed by atoms with Crippen LogP contribution in [0.15, 0.2) is 6.07 Å². The van der Waals surface area contributed by atoms with Gasteiger partial charge in [0.2, 0.25) is 0 Å². The van der Waals surface area contributed by atoms with Crippen molar-refractivity contribution in [2.45, 2.75) is 46.2 Å². The van der Waals surface area contributed by atoms with E-state index in [1.54, 1.807) is 10.7 Å². The fourth-order valence-electron chi connectivity index (χ4n) is 1.58. The molecule has 0 aromatic carbocycles. The third kappa shape index (κ3) is 5.00. The lowest BCUT2D eigenvalue weighted by Crippen LogP contribution is -2.41. The van der Waals surface area contributed by atoms with Crippen LogP contribution >= 0.6 is 0 Å². The molecule has 0 bridgehead atoms. The SMILES string of the molecule is CCn1nc(C#N)cc1CCOC(=O)NC(C)(C)C. The van der Waals surface area contributed by atoms with Crippen molar-refractivity contribution in [3.05, 3.63) is 17.5 Å². The molecule has 0 aliphatic heterocycles. The first-order valence-corrected chi connectivity index (χ1v) is 6.27. The minimum atomic E-state index is -0.435. The summed E-state index contributed by atoms with van der Waals surface area (Å²) in [5.74, 6) is 0. The Kier molecular flexibility index (Phi) is 4.93. The van der Waals surface area contributed by atoms with Gasteiger partial charge in [-0.05, 0) is 33.8 Å². The van der Waals surface area contributed by atoms with E-state index in [4.69, 9.17) is 10.00 Å². The van der Waals surface area contributed by atoms with Crippen LogP contribution in [0.25, 0.3) is 0 Å². The molecule has 1 rings (SSSR count). The monoisotopic (exact) mass is 264 g/mol. The zero-order valence-corrected chi connectivity index (χ0v) is 11.9. The number of aryl methyl sites for hydroxylation is 1. The van der Waals surface area contributed by atoms with Gasteiger partial charge in [-0.25, -0.2) is 4.79 Å². The number of rotatable bonds is 4. The first-order chi connectivity index (χ1) is 8.85. The molecule has 0 aliphatic carbocycles. The van der Waals surface area contributed by atoms with Gasteiger partial charge in [-0.15, -0.1) is 0 Å². The van der Waals surface area contributed by atoms with Gasteiger partial charge in [0.05, 0.1) is 6.61 Å². The number of hydrogen-bond donors (Lipinski definition) is 1. The number of carbonyl (C=O) groups is 1. The van der Waals surface area contributed by atoms with Gasteiger partial charge in [-0.1, -0.05) is 0 Å². The van der Waals surface area contributed by atoms with Crippen LogP contribution in [0.5, 0.6) is 0 Å². The zero-order chi connectivity index (χ0) is 14.5. The number of nitrogens with zero attached hydrogens (tertiary/aromatic N) is 3. The second kappa shape index (κ2) is 6.23. The van der Waals surface area contributed by atoms with Crippen molar-refractivity contribution in [3.63, 3.8) is 0 Å². The number of alkyl carbamates (subject to hydrolysis) is 1. The van der Waals surface area contributed by atoms with Crippen molar-refractivity contribution in [3.8, 4) is 6.07 Å². The molecule has 1 amide bonds. The predicted molar refractivity (Wildman–Crippen MR) is 70.6 cm³/mol. The molecular formula is C13H20N4O2. The largest absolute Gasteiger partial charge is 0.449 e. The van der Waals surface area contributed by atoms with Crippen LogP contribution < -0.4 is 5.32 Å². The normalized spacial score (nSPS) is 10.9. The molecule has 0 fully saturated rings. The maximum atomic E-state index is 11.5. The van der Waals surface area contributed by atoms with Gasteiger partial charge >= 0.3 is 6.09 Å². The number of amides is 1. The van der Waals surface area contributed by atoms with Crippen molar-refractivity contribution in [2.24, 2.45) is 0 Å². The lowest BCUT2D eigenvalue weighted by molar-refractivity contribution is 0.138. The quantitative estimate of drug-likeness (QED) is 0.899. The highest BCUT2D eigenvalue weighted by molar-refractivity contribution is 5.68. The van der Waals surface area contributed by atoms with Crippen LogP contribution in [0, 0.1) is 11.3 Å². The standard InChI is InChI=1S/C13H20N4O2/c1-5-17-11(8-10(9-14)16-17)6-7-19-12(18)15-13(2,3)4/h8H,5-7H2,1-4H3,(H,15,18). The third-order valence-electron chi connectivity index (χ3n) is 2.35. The van der Waals surface area contributed by atoms with Crippen molar-refractivity contribution in [1.82, 2.24) is 15.1 Å². The number of nitrogens with one attached hydrogen (secondary N) is 1. The minimum Gasteiger partial charge on any atom is -0.449 e. The molecule has 19 heavy (non-hydrogen) atoms. The molecule has 0 spiro atoms. The molecule has 1 N–H and O–H groups in total. The van der Waals surface area contributed by atoms with E-state index in [1.165, 1.54) is 0 Å². The number of hydrogen-bond acceptors (Lipinski definition) is 4. The van der Waals surface area contributed by atoms with Crippen LogP contribution in [-0.4, -0.2) is 28.0 Å². The summed E-state index contributed by atoms with van der Waals surface area (Å²) in [4.78, 5) is 11.5. The molecule has 1 heterocycles. The fraction of sp³-hybridized carbons (Fsp3) is 0.615. The summed E-state index contributed by atoms with van der Waals surface area (Å²) in [6.45, 7) is 8.56. The van der Waals surface area contributed by atoms with Crippen LogP contribution in [0.2, 0.25) is 0 Å². The molecule has 0 aliphatic rings. The lowest BCUT2D eigenvalue weighted by Gasteiger charge is -2.19. The van der Waals surface area contributed by atoms with E-state index in [9.17, 15) is 4.79 Å². The summed E-state index contributed by atoms with van der Waals surface area (Å²) in [6.07, 6.45) is 0.107. The van der Waals surface area contributed by atoms with Gasteiger partial charge in [-0.3, -0.25) is 4.68 Å². The Morgan fingerprint density at radius 1 is 1.58 bits per heavy atom. The molecule has 1 aromatic rings. The number of aromatic nitrogens is 2. The van der Waals surface area contributed by atoms with Gasteiger partial charge in [0.25, 0.3) is 0 Å². The van der Waals surface area contributed by atoms with E-state index in [2.05, 4.69) is 10.4 Å². The number of carbonyl (C=O) groups excluding carboxylic acids is 1. The highest BCUT2D eigenvalue weighted by Gasteiger charge is 2.14. The van der Waals surface area contributed by atoms with Crippen LogP contribution in [0.4, 0.5) is 4.79 Å². The smallest absolute Gasteiger partial charge is 0.407 e. The number of nitriles is 1. The molecule has 0 radical (unpaired) electrons. The van der Waals surface area contributed by atoms with Crippen LogP contribution in [0.3, 0.4) is 0 Å². The van der Waals surface area contributed by atoms with Gasteiger partial charge in [0.1, 0.15) is 6.07 Å². The van der Waals surface area contributed by atoms with E-state index in [0.29, 0.717) is 18.7 Å². The van der Waals surface area contributed by atoms with Crippen molar-refractivity contribution < 1.29 is 9.53 Å². The summed E-state index contributed by atoms with van der Waals surface area (Å²) >= 11 is 0. The molecule has 0 atom stereocenters. The molecule has 0 saturated carbocycles. The zero-order valence-electron chi connectivity index (χ0n) is 11.9.